The van der Waals surface area contributed by atoms with Crippen LogP contribution in [0.5, 0.6) is 0 Å². The van der Waals surface area contributed by atoms with Crippen LogP contribution in [0, 0.1) is 5.41 Å². The van der Waals surface area contributed by atoms with Gasteiger partial charge in [-0.3, -0.25) is 0 Å². The second kappa shape index (κ2) is 4.55. The number of benzene rings is 1. The summed E-state index contributed by atoms with van der Waals surface area (Å²) in [6, 6.07) is 6.93. The quantitative estimate of drug-likeness (QED) is 0.890. The van der Waals surface area contributed by atoms with Gasteiger partial charge in [0, 0.05) is 26.3 Å². The van der Waals surface area contributed by atoms with Crippen molar-refractivity contribution in [1.82, 2.24) is 4.31 Å². The third kappa shape index (κ3) is 2.84. The zero-order valence-electron chi connectivity index (χ0n) is 11.1. The van der Waals surface area contributed by atoms with Gasteiger partial charge in [-0.2, -0.15) is 0 Å². The smallest absolute Gasteiger partial charge is 0.242 e. The maximum Gasteiger partial charge on any atom is 0.242 e. The summed E-state index contributed by atoms with van der Waals surface area (Å²) in [5.41, 5.74) is 1.41. The normalized spacial score (nSPS) is 17.8. The molecule has 1 aliphatic carbocycles. The van der Waals surface area contributed by atoms with Gasteiger partial charge in [0.1, 0.15) is 0 Å². The molecule has 18 heavy (non-hydrogen) atoms. The summed E-state index contributed by atoms with van der Waals surface area (Å²) < 4.78 is 25.0. The lowest BCUT2D eigenvalue weighted by atomic mass is 10.1. The van der Waals surface area contributed by atoms with E-state index in [0.29, 0.717) is 10.3 Å². The van der Waals surface area contributed by atoms with E-state index < -0.39 is 10.0 Å². The maximum absolute atomic E-state index is 11.9. The molecule has 100 valence electrons. The van der Waals surface area contributed by atoms with Gasteiger partial charge in [-0.15, -0.1) is 0 Å². The van der Waals surface area contributed by atoms with Gasteiger partial charge in [0.25, 0.3) is 0 Å². The van der Waals surface area contributed by atoms with Crippen molar-refractivity contribution in [2.45, 2.75) is 24.7 Å². The summed E-state index contributed by atoms with van der Waals surface area (Å²) in [6.07, 6.45) is 2.54. The van der Waals surface area contributed by atoms with Crippen molar-refractivity contribution >= 4 is 15.7 Å². The Morgan fingerprint density at radius 1 is 1.22 bits per heavy atom. The molecule has 5 heteroatoms. The molecule has 0 saturated heterocycles. The van der Waals surface area contributed by atoms with E-state index in [4.69, 9.17) is 0 Å². The van der Waals surface area contributed by atoms with Gasteiger partial charge in [0.15, 0.2) is 0 Å². The van der Waals surface area contributed by atoms with Crippen molar-refractivity contribution in [2.75, 3.05) is 26.0 Å². The molecule has 0 spiro atoms. The van der Waals surface area contributed by atoms with Gasteiger partial charge in [0.2, 0.25) is 10.0 Å². The maximum atomic E-state index is 11.9. The van der Waals surface area contributed by atoms with Gasteiger partial charge < -0.3 is 5.32 Å². The van der Waals surface area contributed by atoms with E-state index in [1.165, 1.54) is 31.2 Å². The minimum Gasteiger partial charge on any atom is -0.384 e. The molecular weight excluding hydrogens is 248 g/mol. The minimum absolute atomic E-state index is 0.329. The van der Waals surface area contributed by atoms with Crippen molar-refractivity contribution in [2.24, 2.45) is 5.41 Å². The molecule has 0 aliphatic heterocycles. The molecule has 1 N–H and O–H groups in total. The fraction of sp³-hybridized carbons (Fsp3) is 0.538. The van der Waals surface area contributed by atoms with Crippen LogP contribution in [0.15, 0.2) is 29.2 Å². The van der Waals surface area contributed by atoms with Crippen LogP contribution < -0.4 is 5.32 Å². The molecule has 2 rings (SSSR count). The van der Waals surface area contributed by atoms with Crippen molar-refractivity contribution in [3.63, 3.8) is 0 Å². The Morgan fingerprint density at radius 3 is 2.22 bits per heavy atom. The molecule has 1 aromatic carbocycles. The van der Waals surface area contributed by atoms with Gasteiger partial charge in [-0.25, -0.2) is 12.7 Å². The zero-order chi connectivity index (χ0) is 13.4. The van der Waals surface area contributed by atoms with Crippen LogP contribution in [-0.2, 0) is 10.0 Å². The van der Waals surface area contributed by atoms with E-state index in [1.54, 1.807) is 12.1 Å². The largest absolute Gasteiger partial charge is 0.384 e. The first-order valence-electron chi connectivity index (χ1n) is 6.10. The number of hydrogen-bond acceptors (Lipinski definition) is 3. The summed E-state index contributed by atoms with van der Waals surface area (Å²) in [7, 11) is -0.245. The molecule has 1 aliphatic rings. The van der Waals surface area contributed by atoms with Gasteiger partial charge >= 0.3 is 0 Å². The summed E-state index contributed by atoms with van der Waals surface area (Å²) >= 11 is 0. The van der Waals surface area contributed by atoms with Crippen LogP contribution in [0.1, 0.15) is 19.8 Å². The lowest BCUT2D eigenvalue weighted by Crippen LogP contribution is -2.22. The van der Waals surface area contributed by atoms with E-state index in [1.807, 2.05) is 12.1 Å². The molecule has 1 saturated carbocycles. The van der Waals surface area contributed by atoms with Crippen molar-refractivity contribution in [3.8, 4) is 0 Å². The molecule has 0 atom stereocenters. The second-order valence-electron chi connectivity index (χ2n) is 5.48. The topological polar surface area (TPSA) is 49.4 Å². The average Bonchev–Trinajstić information content (AvgIpc) is 3.06. The Kier molecular flexibility index (Phi) is 3.38. The number of hydrogen-bond donors (Lipinski definition) is 1. The summed E-state index contributed by atoms with van der Waals surface area (Å²) in [5, 5.41) is 3.35. The summed E-state index contributed by atoms with van der Waals surface area (Å²) in [4.78, 5) is 0.329. The fourth-order valence-electron chi connectivity index (χ4n) is 1.66. The molecule has 0 radical (unpaired) electrons. The van der Waals surface area contributed by atoms with Crippen LogP contribution in [0.4, 0.5) is 5.69 Å². The predicted octanol–water partition coefficient (Wildman–Crippen LogP) is 2.15. The molecule has 0 unspecified atom stereocenters. The second-order valence-corrected chi connectivity index (χ2v) is 7.63. The third-order valence-electron chi connectivity index (χ3n) is 3.46. The van der Waals surface area contributed by atoms with E-state index in [2.05, 4.69) is 12.2 Å². The lowest BCUT2D eigenvalue weighted by Gasteiger charge is -2.13. The minimum atomic E-state index is -3.32. The van der Waals surface area contributed by atoms with Crippen LogP contribution in [-0.4, -0.2) is 33.4 Å². The van der Waals surface area contributed by atoms with Crippen molar-refractivity contribution in [1.29, 1.82) is 0 Å². The molecule has 0 heterocycles. The fourth-order valence-corrected chi connectivity index (χ4v) is 2.56. The highest BCUT2D eigenvalue weighted by atomic mass is 32.2. The highest BCUT2D eigenvalue weighted by Crippen LogP contribution is 2.44. The first-order chi connectivity index (χ1) is 8.33. The highest BCUT2D eigenvalue weighted by molar-refractivity contribution is 7.89. The number of nitrogens with zero attached hydrogens (tertiary/aromatic N) is 1. The van der Waals surface area contributed by atoms with E-state index in [-0.39, 0.29) is 0 Å². The van der Waals surface area contributed by atoms with Crippen LogP contribution in [0.3, 0.4) is 0 Å². The van der Waals surface area contributed by atoms with Crippen LogP contribution >= 0.6 is 0 Å². The number of anilines is 1. The van der Waals surface area contributed by atoms with E-state index in [9.17, 15) is 8.42 Å². The Morgan fingerprint density at radius 2 is 1.78 bits per heavy atom. The SMILES string of the molecule is CN(C)S(=O)(=O)c1ccc(NCC2(C)CC2)cc1. The van der Waals surface area contributed by atoms with Gasteiger partial charge in [0.05, 0.1) is 4.90 Å². The molecule has 0 amide bonds. The van der Waals surface area contributed by atoms with Gasteiger partial charge in [-0.1, -0.05) is 6.92 Å². The van der Waals surface area contributed by atoms with Crippen LogP contribution in [0.25, 0.3) is 0 Å². The van der Waals surface area contributed by atoms with Crippen molar-refractivity contribution in [3.05, 3.63) is 24.3 Å². The molecule has 4 nitrogen and oxygen atoms in total. The van der Waals surface area contributed by atoms with E-state index >= 15 is 0 Å². The molecule has 0 bridgehead atoms. The number of sulfonamides is 1. The Bertz CT molecular complexity index is 516. The van der Waals surface area contributed by atoms with E-state index in [0.717, 1.165) is 12.2 Å². The first kappa shape index (κ1) is 13.4. The monoisotopic (exact) mass is 268 g/mol. The number of rotatable bonds is 5. The lowest BCUT2D eigenvalue weighted by molar-refractivity contribution is 0.521. The highest BCUT2D eigenvalue weighted by Gasteiger charge is 2.36. The summed E-state index contributed by atoms with van der Waals surface area (Å²) in [5.74, 6) is 0. The predicted molar refractivity (Wildman–Crippen MR) is 73.1 cm³/mol. The molecule has 1 aromatic rings. The molecule has 1 fully saturated rings. The zero-order valence-corrected chi connectivity index (χ0v) is 11.9. The van der Waals surface area contributed by atoms with Gasteiger partial charge in [-0.05, 0) is 42.5 Å². The number of nitrogens with one attached hydrogen (secondary N) is 1. The standard InChI is InChI=1S/C13H20N2O2S/c1-13(8-9-13)10-14-11-4-6-12(7-5-11)18(16,17)15(2)3/h4-7,14H,8-10H2,1-3H3. The Hall–Kier alpha value is -1.07. The molecular formula is C13H20N2O2S. The molecule has 0 aromatic heterocycles. The Balaban J connectivity index is 2.05. The first-order valence-corrected chi connectivity index (χ1v) is 7.54. The van der Waals surface area contributed by atoms with Crippen LogP contribution in [0.2, 0.25) is 0 Å². The third-order valence-corrected chi connectivity index (χ3v) is 5.29. The Labute approximate surface area is 109 Å². The van der Waals surface area contributed by atoms with Crippen molar-refractivity contribution < 1.29 is 8.42 Å². The summed E-state index contributed by atoms with van der Waals surface area (Å²) in [6.45, 7) is 3.21. The average molecular weight is 268 g/mol.